The van der Waals surface area contributed by atoms with Crippen molar-refractivity contribution in [1.29, 1.82) is 5.26 Å². The number of anilines is 1. The van der Waals surface area contributed by atoms with Crippen molar-refractivity contribution in [3.8, 4) is 6.07 Å². The number of nitrogens with zero attached hydrogens (tertiary/aromatic N) is 5. The van der Waals surface area contributed by atoms with Gasteiger partial charge in [0, 0.05) is 13.0 Å². The van der Waals surface area contributed by atoms with Gasteiger partial charge >= 0.3 is 0 Å². The summed E-state index contributed by atoms with van der Waals surface area (Å²) in [6.07, 6.45) is 1.29. The second-order valence-electron chi connectivity index (χ2n) is 5.91. The fourth-order valence-electron chi connectivity index (χ4n) is 2.66. The van der Waals surface area contributed by atoms with Gasteiger partial charge in [0.25, 0.3) is 5.56 Å². The fraction of sp³-hybridized carbons (Fsp3) is 0.294. The lowest BCUT2D eigenvalue weighted by Gasteiger charge is -2.06. The number of carbonyl (C=O) groups excluding carboxylic acids is 1. The lowest BCUT2D eigenvalue weighted by Crippen LogP contribution is -2.30. The lowest BCUT2D eigenvalue weighted by molar-refractivity contribution is -0.121. The van der Waals surface area contributed by atoms with E-state index in [9.17, 15) is 9.59 Å². The van der Waals surface area contributed by atoms with Crippen molar-refractivity contribution in [2.75, 3.05) is 12.3 Å². The molecule has 10 heteroatoms. The molecule has 2 aromatic heterocycles. The molecule has 0 radical (unpaired) electrons. The number of benzene rings is 1. The van der Waals surface area contributed by atoms with Crippen LogP contribution in [0.3, 0.4) is 0 Å². The molecule has 0 bridgehead atoms. The Bertz CT molecular complexity index is 1060. The Kier molecular flexibility index (Phi) is 5.41. The predicted molar refractivity (Wildman–Crippen MR) is 97.5 cm³/mol. The third kappa shape index (κ3) is 4.09. The molecule has 1 amide bonds. The number of carbonyl (C=O) groups is 1. The topological polar surface area (TPSA) is 155 Å². The van der Waals surface area contributed by atoms with Gasteiger partial charge < -0.3 is 11.1 Å². The zero-order chi connectivity index (χ0) is 19.2. The molecule has 4 N–H and O–H groups in total. The second kappa shape index (κ2) is 8.09. The van der Waals surface area contributed by atoms with Crippen LogP contribution < -0.4 is 16.6 Å². The summed E-state index contributed by atoms with van der Waals surface area (Å²) in [4.78, 5) is 24.3. The number of hydrogen-bond donors (Lipinski definition) is 3. The van der Waals surface area contributed by atoms with Crippen molar-refractivity contribution in [1.82, 2.24) is 30.5 Å². The quantitative estimate of drug-likeness (QED) is 0.501. The Morgan fingerprint density at radius 1 is 1.37 bits per heavy atom. The molecule has 0 spiro atoms. The highest BCUT2D eigenvalue weighted by atomic mass is 16.2. The summed E-state index contributed by atoms with van der Waals surface area (Å²) < 4.78 is 1.19. The number of amides is 1. The van der Waals surface area contributed by atoms with Gasteiger partial charge in [0.05, 0.1) is 17.6 Å². The molecule has 3 rings (SSSR count). The van der Waals surface area contributed by atoms with Crippen LogP contribution in [0.15, 0.2) is 29.1 Å². The maximum atomic E-state index is 12.3. The highest BCUT2D eigenvalue weighted by Gasteiger charge is 2.10. The van der Waals surface area contributed by atoms with Gasteiger partial charge in [0.2, 0.25) is 5.91 Å². The van der Waals surface area contributed by atoms with Gasteiger partial charge in [-0.3, -0.25) is 14.7 Å². The Balaban J connectivity index is 1.47. The average molecular weight is 366 g/mol. The zero-order valence-electron chi connectivity index (χ0n) is 14.5. The standard InChI is InChI=1S/C17H18N8O2/c18-10-12-14(21-23-16(12)19)6-3-8-20-15(26)7-9-25-17(27)11-4-1-2-5-13(11)22-24-25/h1-2,4-5H,3,6-9H2,(H,20,26)(H3,19,21,23). The van der Waals surface area contributed by atoms with Crippen molar-refractivity contribution in [3.63, 3.8) is 0 Å². The minimum Gasteiger partial charge on any atom is -0.381 e. The number of nitriles is 1. The summed E-state index contributed by atoms with van der Waals surface area (Å²) in [5.41, 5.74) is 6.83. The summed E-state index contributed by atoms with van der Waals surface area (Å²) in [5, 5.41) is 26.6. The molecule has 0 aliphatic rings. The first kappa shape index (κ1) is 18.1. The molecule has 0 unspecified atom stereocenters. The second-order valence-corrected chi connectivity index (χ2v) is 5.91. The summed E-state index contributed by atoms with van der Waals surface area (Å²) in [5.74, 6) is -0.0139. The maximum absolute atomic E-state index is 12.3. The number of fused-ring (bicyclic) bond motifs is 1. The van der Waals surface area contributed by atoms with Gasteiger partial charge in [-0.1, -0.05) is 17.3 Å². The molecule has 0 aliphatic carbocycles. The average Bonchev–Trinajstić information content (AvgIpc) is 3.04. The summed E-state index contributed by atoms with van der Waals surface area (Å²) in [6.45, 7) is 0.582. The summed E-state index contributed by atoms with van der Waals surface area (Å²) in [7, 11) is 0. The molecule has 0 saturated carbocycles. The Hall–Kier alpha value is -3.74. The minimum atomic E-state index is -0.269. The molecule has 0 atom stereocenters. The van der Waals surface area contributed by atoms with Crippen LogP contribution in [0.5, 0.6) is 0 Å². The molecule has 10 nitrogen and oxygen atoms in total. The van der Waals surface area contributed by atoms with E-state index >= 15 is 0 Å². The molecule has 0 saturated heterocycles. The van der Waals surface area contributed by atoms with Gasteiger partial charge in [-0.25, -0.2) is 4.68 Å². The highest BCUT2D eigenvalue weighted by molar-refractivity contribution is 5.77. The molecule has 27 heavy (non-hydrogen) atoms. The Labute approximate surface area is 154 Å². The van der Waals surface area contributed by atoms with Crippen molar-refractivity contribution < 1.29 is 4.79 Å². The molecule has 138 valence electrons. The SMILES string of the molecule is N#Cc1c(N)n[nH]c1CCCNC(=O)CCn1nnc2ccccc2c1=O. The molecular formula is C17H18N8O2. The number of aromatic amines is 1. The number of nitrogen functional groups attached to an aromatic ring is 1. The number of aromatic nitrogens is 5. The Morgan fingerprint density at radius 3 is 3.00 bits per heavy atom. The number of H-pyrrole nitrogens is 1. The number of hydrogen-bond acceptors (Lipinski definition) is 7. The fourth-order valence-corrected chi connectivity index (χ4v) is 2.66. The molecular weight excluding hydrogens is 348 g/mol. The number of rotatable bonds is 7. The van der Waals surface area contributed by atoms with E-state index in [-0.39, 0.29) is 30.2 Å². The van der Waals surface area contributed by atoms with Crippen LogP contribution in [-0.4, -0.2) is 37.6 Å². The third-order valence-corrected chi connectivity index (χ3v) is 4.09. The van der Waals surface area contributed by atoms with Crippen LogP contribution in [0, 0.1) is 11.3 Å². The van der Waals surface area contributed by atoms with E-state index in [0.29, 0.717) is 41.5 Å². The van der Waals surface area contributed by atoms with Crippen molar-refractivity contribution >= 4 is 22.6 Å². The molecule has 1 aromatic carbocycles. The Morgan fingerprint density at radius 2 is 2.19 bits per heavy atom. The number of aryl methyl sites for hydroxylation is 2. The molecule has 0 aliphatic heterocycles. The van der Waals surface area contributed by atoms with E-state index in [2.05, 4.69) is 25.8 Å². The van der Waals surface area contributed by atoms with E-state index in [1.54, 1.807) is 24.3 Å². The third-order valence-electron chi connectivity index (χ3n) is 4.09. The summed E-state index contributed by atoms with van der Waals surface area (Å²) in [6, 6.07) is 8.93. The molecule has 0 fully saturated rings. The van der Waals surface area contributed by atoms with Gasteiger partial charge in [0.1, 0.15) is 17.1 Å². The van der Waals surface area contributed by atoms with Gasteiger partial charge in [-0.2, -0.15) is 10.4 Å². The van der Waals surface area contributed by atoms with Crippen molar-refractivity contribution in [2.45, 2.75) is 25.8 Å². The van der Waals surface area contributed by atoms with Crippen molar-refractivity contribution in [2.24, 2.45) is 0 Å². The zero-order valence-corrected chi connectivity index (χ0v) is 14.5. The summed E-state index contributed by atoms with van der Waals surface area (Å²) >= 11 is 0. The lowest BCUT2D eigenvalue weighted by atomic mass is 10.1. The predicted octanol–water partition coefficient (Wildman–Crippen LogP) is 0.108. The van der Waals surface area contributed by atoms with E-state index in [1.807, 2.05) is 6.07 Å². The van der Waals surface area contributed by atoms with E-state index in [0.717, 1.165) is 0 Å². The van der Waals surface area contributed by atoms with E-state index in [4.69, 9.17) is 11.0 Å². The monoisotopic (exact) mass is 366 g/mol. The van der Waals surface area contributed by atoms with Crippen LogP contribution >= 0.6 is 0 Å². The molecule has 3 aromatic rings. The highest BCUT2D eigenvalue weighted by Crippen LogP contribution is 2.12. The van der Waals surface area contributed by atoms with Crippen LogP contribution in [0.2, 0.25) is 0 Å². The normalized spacial score (nSPS) is 10.6. The minimum absolute atomic E-state index is 0.118. The van der Waals surface area contributed by atoms with Crippen LogP contribution in [0.1, 0.15) is 24.1 Å². The van der Waals surface area contributed by atoms with Crippen LogP contribution in [0.4, 0.5) is 5.82 Å². The first-order valence-corrected chi connectivity index (χ1v) is 8.42. The van der Waals surface area contributed by atoms with Gasteiger partial charge in [0.15, 0.2) is 5.82 Å². The first-order chi connectivity index (χ1) is 13.1. The van der Waals surface area contributed by atoms with E-state index < -0.39 is 0 Å². The first-order valence-electron chi connectivity index (χ1n) is 8.42. The van der Waals surface area contributed by atoms with Crippen LogP contribution in [0.25, 0.3) is 10.9 Å². The van der Waals surface area contributed by atoms with Crippen LogP contribution in [-0.2, 0) is 17.8 Å². The molecule has 2 heterocycles. The van der Waals surface area contributed by atoms with Gasteiger partial charge in [-0.15, -0.1) is 5.10 Å². The maximum Gasteiger partial charge on any atom is 0.277 e. The van der Waals surface area contributed by atoms with Gasteiger partial charge in [-0.05, 0) is 25.0 Å². The number of nitrogens with two attached hydrogens (primary N) is 1. The van der Waals surface area contributed by atoms with Crippen molar-refractivity contribution in [3.05, 3.63) is 45.9 Å². The number of nitrogens with one attached hydrogen (secondary N) is 2. The largest absolute Gasteiger partial charge is 0.381 e. The smallest absolute Gasteiger partial charge is 0.277 e. The van der Waals surface area contributed by atoms with E-state index in [1.165, 1.54) is 4.68 Å².